The second kappa shape index (κ2) is 4.30. The van der Waals surface area contributed by atoms with Gasteiger partial charge in [-0.1, -0.05) is 6.07 Å². The lowest BCUT2D eigenvalue weighted by Gasteiger charge is -1.97. The van der Waals surface area contributed by atoms with Crippen LogP contribution in [0.25, 0.3) is 11.6 Å². The first-order valence-corrected chi connectivity index (χ1v) is 4.43. The van der Waals surface area contributed by atoms with Crippen molar-refractivity contribution in [2.45, 2.75) is 0 Å². The van der Waals surface area contributed by atoms with Gasteiger partial charge in [0.25, 0.3) is 5.91 Å². The lowest BCUT2D eigenvalue weighted by atomic mass is 10.1. The van der Waals surface area contributed by atoms with Gasteiger partial charge in [-0.2, -0.15) is 0 Å². The Bertz CT molecular complexity index is 504. The Kier molecular flexibility index (Phi) is 2.68. The monoisotopic (exact) mass is 216 g/mol. The van der Waals surface area contributed by atoms with Gasteiger partial charge in [-0.3, -0.25) is 9.78 Å². The minimum absolute atomic E-state index is 0.206. The van der Waals surface area contributed by atoms with Crippen molar-refractivity contribution >= 4 is 17.6 Å². The van der Waals surface area contributed by atoms with Crippen LogP contribution in [0.2, 0.25) is 0 Å². The minimum atomic E-state index is -0.609. The molecule has 2 heterocycles. The first-order valence-electron chi connectivity index (χ1n) is 4.43. The molecule has 0 saturated heterocycles. The smallest absolute Gasteiger partial charge is 0.252 e. The third-order valence-electron chi connectivity index (χ3n) is 1.86. The number of pyridine rings is 1. The molecule has 0 atom stereocenters. The maximum absolute atomic E-state index is 11.2. The number of tetrazole rings is 1. The molecule has 0 radical (unpaired) electrons. The molecule has 80 valence electrons. The first-order chi connectivity index (χ1) is 7.77. The molecular formula is C9H8N6O. The molecule has 0 unspecified atom stereocenters. The molecule has 0 aliphatic carbocycles. The van der Waals surface area contributed by atoms with E-state index in [2.05, 4.69) is 25.6 Å². The van der Waals surface area contributed by atoms with Crippen LogP contribution in [0, 0.1) is 0 Å². The first kappa shape index (κ1) is 9.97. The van der Waals surface area contributed by atoms with Crippen LogP contribution in [0.15, 0.2) is 24.5 Å². The SMILES string of the molecule is NC(=O)C(=Cc1cccnc1)c1nnn[nH]1. The summed E-state index contributed by atoms with van der Waals surface area (Å²) in [7, 11) is 0. The predicted octanol–water partition coefficient (Wildman–Crippen LogP) is -0.379. The summed E-state index contributed by atoms with van der Waals surface area (Å²) in [6.45, 7) is 0. The van der Waals surface area contributed by atoms with E-state index in [1.165, 1.54) is 0 Å². The van der Waals surface area contributed by atoms with Crippen LogP contribution in [-0.4, -0.2) is 31.5 Å². The molecule has 0 spiro atoms. The molecule has 3 N–H and O–H groups in total. The molecule has 2 aromatic heterocycles. The number of rotatable bonds is 3. The fourth-order valence-corrected chi connectivity index (χ4v) is 1.16. The largest absolute Gasteiger partial charge is 0.365 e. The van der Waals surface area contributed by atoms with E-state index in [1.807, 2.05) is 0 Å². The minimum Gasteiger partial charge on any atom is -0.365 e. The molecule has 0 aliphatic heterocycles. The summed E-state index contributed by atoms with van der Waals surface area (Å²) in [6, 6.07) is 3.54. The molecule has 0 aromatic carbocycles. The molecule has 0 saturated carbocycles. The second-order valence-electron chi connectivity index (χ2n) is 2.96. The number of nitrogens with one attached hydrogen (secondary N) is 1. The highest BCUT2D eigenvalue weighted by atomic mass is 16.1. The van der Waals surface area contributed by atoms with Crippen molar-refractivity contribution in [3.05, 3.63) is 35.9 Å². The predicted molar refractivity (Wildman–Crippen MR) is 55.5 cm³/mol. The summed E-state index contributed by atoms with van der Waals surface area (Å²) < 4.78 is 0. The number of amides is 1. The number of hydrogen-bond acceptors (Lipinski definition) is 5. The third-order valence-corrected chi connectivity index (χ3v) is 1.86. The number of nitrogens with two attached hydrogens (primary N) is 1. The third kappa shape index (κ3) is 2.08. The Morgan fingerprint density at radius 3 is 2.94 bits per heavy atom. The molecule has 7 heteroatoms. The normalized spacial score (nSPS) is 11.4. The zero-order valence-electron chi connectivity index (χ0n) is 8.16. The van der Waals surface area contributed by atoms with E-state index in [4.69, 9.17) is 5.73 Å². The number of nitrogens with zero attached hydrogens (tertiary/aromatic N) is 4. The van der Waals surface area contributed by atoms with Crippen LogP contribution in [0.4, 0.5) is 0 Å². The molecule has 2 aromatic rings. The van der Waals surface area contributed by atoms with Gasteiger partial charge in [-0.15, -0.1) is 5.10 Å². The van der Waals surface area contributed by atoms with Crippen LogP contribution in [0.3, 0.4) is 0 Å². The number of aromatic nitrogens is 5. The van der Waals surface area contributed by atoms with Crippen LogP contribution in [0.5, 0.6) is 0 Å². The number of carbonyl (C=O) groups excluding carboxylic acids is 1. The highest BCUT2D eigenvalue weighted by Gasteiger charge is 2.11. The Hall–Kier alpha value is -2.57. The van der Waals surface area contributed by atoms with Gasteiger partial charge in [0.2, 0.25) is 0 Å². The zero-order valence-corrected chi connectivity index (χ0v) is 8.16. The Morgan fingerprint density at radius 2 is 2.38 bits per heavy atom. The summed E-state index contributed by atoms with van der Waals surface area (Å²) in [4.78, 5) is 15.1. The molecular weight excluding hydrogens is 208 g/mol. The Balaban J connectivity index is 2.42. The summed E-state index contributed by atoms with van der Waals surface area (Å²) in [6.07, 6.45) is 4.81. The summed E-state index contributed by atoms with van der Waals surface area (Å²) >= 11 is 0. The number of aromatic amines is 1. The Morgan fingerprint density at radius 1 is 1.50 bits per heavy atom. The lowest BCUT2D eigenvalue weighted by Crippen LogP contribution is -2.13. The van der Waals surface area contributed by atoms with E-state index in [1.54, 1.807) is 30.6 Å². The average Bonchev–Trinajstić information content (AvgIpc) is 2.80. The lowest BCUT2D eigenvalue weighted by molar-refractivity contribution is -0.112. The maximum atomic E-state index is 11.2. The van der Waals surface area contributed by atoms with E-state index in [0.29, 0.717) is 0 Å². The van der Waals surface area contributed by atoms with Crippen molar-refractivity contribution in [1.29, 1.82) is 0 Å². The number of primary amides is 1. The fraction of sp³-hybridized carbons (Fsp3) is 0. The molecule has 7 nitrogen and oxygen atoms in total. The average molecular weight is 216 g/mol. The second-order valence-corrected chi connectivity index (χ2v) is 2.96. The molecule has 2 rings (SSSR count). The number of carbonyl (C=O) groups is 1. The van der Waals surface area contributed by atoms with Crippen molar-refractivity contribution in [2.75, 3.05) is 0 Å². The van der Waals surface area contributed by atoms with Crippen LogP contribution >= 0.6 is 0 Å². The summed E-state index contributed by atoms with van der Waals surface area (Å²) in [5.41, 5.74) is 6.18. The molecule has 0 aliphatic rings. The van der Waals surface area contributed by atoms with E-state index >= 15 is 0 Å². The quantitative estimate of drug-likeness (QED) is 0.679. The van der Waals surface area contributed by atoms with Gasteiger partial charge in [0.05, 0.1) is 5.57 Å². The van der Waals surface area contributed by atoms with Crippen molar-refractivity contribution < 1.29 is 4.79 Å². The molecule has 1 amide bonds. The Labute approximate surface area is 90.4 Å². The molecule has 0 fully saturated rings. The van der Waals surface area contributed by atoms with Crippen molar-refractivity contribution in [1.82, 2.24) is 25.6 Å². The van der Waals surface area contributed by atoms with Crippen LogP contribution < -0.4 is 5.73 Å². The van der Waals surface area contributed by atoms with E-state index < -0.39 is 5.91 Å². The van der Waals surface area contributed by atoms with Gasteiger partial charge in [0, 0.05) is 12.4 Å². The van der Waals surface area contributed by atoms with Gasteiger partial charge in [0.1, 0.15) is 0 Å². The fourth-order valence-electron chi connectivity index (χ4n) is 1.16. The van der Waals surface area contributed by atoms with Crippen LogP contribution in [0.1, 0.15) is 11.4 Å². The topological polar surface area (TPSA) is 110 Å². The van der Waals surface area contributed by atoms with Gasteiger partial charge in [0.15, 0.2) is 5.82 Å². The van der Waals surface area contributed by atoms with Gasteiger partial charge < -0.3 is 5.73 Å². The summed E-state index contributed by atoms with van der Waals surface area (Å²) in [5, 5.41) is 12.9. The highest BCUT2D eigenvalue weighted by Crippen LogP contribution is 2.12. The van der Waals surface area contributed by atoms with E-state index in [9.17, 15) is 4.79 Å². The molecule has 16 heavy (non-hydrogen) atoms. The number of hydrogen-bond donors (Lipinski definition) is 2. The van der Waals surface area contributed by atoms with E-state index in [-0.39, 0.29) is 11.4 Å². The van der Waals surface area contributed by atoms with Gasteiger partial charge >= 0.3 is 0 Å². The summed E-state index contributed by atoms with van der Waals surface area (Å²) in [5.74, 6) is -0.376. The zero-order chi connectivity index (χ0) is 11.4. The van der Waals surface area contributed by atoms with E-state index in [0.717, 1.165) is 5.56 Å². The maximum Gasteiger partial charge on any atom is 0.252 e. The van der Waals surface area contributed by atoms with Gasteiger partial charge in [-0.25, -0.2) is 5.10 Å². The van der Waals surface area contributed by atoms with Crippen molar-refractivity contribution in [2.24, 2.45) is 5.73 Å². The highest BCUT2D eigenvalue weighted by molar-refractivity contribution is 6.22. The number of H-pyrrole nitrogens is 1. The van der Waals surface area contributed by atoms with Crippen LogP contribution in [-0.2, 0) is 4.79 Å². The molecule has 0 bridgehead atoms. The van der Waals surface area contributed by atoms with Crippen molar-refractivity contribution in [3.63, 3.8) is 0 Å². The van der Waals surface area contributed by atoms with Gasteiger partial charge in [-0.05, 0) is 28.1 Å². The standard InChI is InChI=1S/C9H8N6O/c10-8(16)7(9-12-14-15-13-9)4-6-2-1-3-11-5-6/h1-5H,(H2,10,16)(H,12,13,14,15). The van der Waals surface area contributed by atoms with Crippen molar-refractivity contribution in [3.8, 4) is 0 Å².